The molecule has 4 rings (SSSR count). The molecular formula is C28H28BrFN4O3. The van der Waals surface area contributed by atoms with Crippen LogP contribution >= 0.6 is 15.9 Å². The minimum absolute atomic E-state index is 0.238. The van der Waals surface area contributed by atoms with E-state index in [2.05, 4.69) is 36.7 Å². The molecule has 192 valence electrons. The van der Waals surface area contributed by atoms with Crippen LogP contribution in [0.3, 0.4) is 0 Å². The molecule has 37 heavy (non-hydrogen) atoms. The summed E-state index contributed by atoms with van der Waals surface area (Å²) in [5.74, 6) is -0.796. The standard InChI is InChI=1S/C28H28BrFN4O3/c29-23-7-10-26(25(15-23)28(37)33-31-16-19-3-8-24(30)9-4-19)32-27(36)22-5-1-20(2-6-22)17-34-13-11-21(18-35)12-14-34/h1-10,15-16,21,35H,11-14,17-18H2,(H,32,36)(H,33,37). The zero-order chi connectivity index (χ0) is 26.2. The Morgan fingerprint density at radius 2 is 1.73 bits per heavy atom. The van der Waals surface area contributed by atoms with Gasteiger partial charge in [0, 0.05) is 23.2 Å². The lowest BCUT2D eigenvalue weighted by Gasteiger charge is -2.31. The molecule has 3 aromatic carbocycles. The van der Waals surface area contributed by atoms with Crippen LogP contribution in [0.15, 0.2) is 76.3 Å². The van der Waals surface area contributed by atoms with Gasteiger partial charge in [0.05, 0.1) is 17.5 Å². The van der Waals surface area contributed by atoms with Crippen molar-refractivity contribution in [1.29, 1.82) is 0 Å². The largest absolute Gasteiger partial charge is 0.396 e. The number of piperidine rings is 1. The molecule has 1 aliphatic heterocycles. The summed E-state index contributed by atoms with van der Waals surface area (Å²) in [4.78, 5) is 28.1. The SMILES string of the molecule is O=C(Nc1ccc(Br)cc1C(=O)NN=Cc1ccc(F)cc1)c1ccc(CN2CCC(CO)CC2)cc1. The van der Waals surface area contributed by atoms with Crippen LogP contribution in [0.5, 0.6) is 0 Å². The average molecular weight is 567 g/mol. The number of aliphatic hydroxyl groups excluding tert-OH is 1. The number of aliphatic hydroxyl groups is 1. The van der Waals surface area contributed by atoms with E-state index in [4.69, 9.17) is 0 Å². The monoisotopic (exact) mass is 566 g/mol. The van der Waals surface area contributed by atoms with Crippen molar-refractivity contribution in [2.45, 2.75) is 19.4 Å². The van der Waals surface area contributed by atoms with Crippen LogP contribution in [-0.4, -0.2) is 47.7 Å². The number of hydrazone groups is 1. The van der Waals surface area contributed by atoms with Gasteiger partial charge in [0.1, 0.15) is 5.82 Å². The number of nitrogens with zero attached hydrogens (tertiary/aromatic N) is 2. The molecule has 1 fully saturated rings. The Morgan fingerprint density at radius 1 is 1.03 bits per heavy atom. The number of hydrogen-bond donors (Lipinski definition) is 3. The van der Waals surface area contributed by atoms with E-state index < -0.39 is 5.91 Å². The Bertz CT molecular complexity index is 1260. The van der Waals surface area contributed by atoms with Crippen molar-refractivity contribution in [2.75, 3.05) is 25.0 Å². The number of likely N-dealkylation sites (tertiary alicyclic amines) is 1. The third kappa shape index (κ3) is 7.55. The van der Waals surface area contributed by atoms with Crippen molar-refractivity contribution >= 4 is 39.6 Å². The van der Waals surface area contributed by atoms with Crippen LogP contribution in [0.4, 0.5) is 10.1 Å². The molecule has 1 heterocycles. The zero-order valence-corrected chi connectivity index (χ0v) is 21.7. The number of nitrogens with one attached hydrogen (secondary N) is 2. The third-order valence-corrected chi connectivity index (χ3v) is 6.81. The number of amides is 2. The molecule has 0 aromatic heterocycles. The van der Waals surface area contributed by atoms with Crippen LogP contribution in [-0.2, 0) is 6.54 Å². The maximum atomic E-state index is 13.0. The highest BCUT2D eigenvalue weighted by Gasteiger charge is 2.19. The molecule has 3 N–H and O–H groups in total. The quantitative estimate of drug-likeness (QED) is 0.269. The minimum Gasteiger partial charge on any atom is -0.396 e. The van der Waals surface area contributed by atoms with E-state index in [1.807, 2.05) is 12.1 Å². The van der Waals surface area contributed by atoms with Gasteiger partial charge in [0.15, 0.2) is 0 Å². The number of rotatable bonds is 8. The third-order valence-electron chi connectivity index (χ3n) is 6.31. The van der Waals surface area contributed by atoms with Gasteiger partial charge in [-0.3, -0.25) is 14.5 Å². The Labute approximate surface area is 223 Å². The number of anilines is 1. The second kappa shape index (κ2) is 12.7. The van der Waals surface area contributed by atoms with Gasteiger partial charge in [-0.25, -0.2) is 9.82 Å². The van der Waals surface area contributed by atoms with Gasteiger partial charge in [-0.15, -0.1) is 0 Å². The molecule has 0 atom stereocenters. The molecule has 0 spiro atoms. The second-order valence-corrected chi connectivity index (χ2v) is 9.91. The van der Waals surface area contributed by atoms with Gasteiger partial charge in [-0.05, 0) is 85.4 Å². The molecule has 0 bridgehead atoms. The summed E-state index contributed by atoms with van der Waals surface area (Å²) in [5.41, 5.74) is 5.24. The highest BCUT2D eigenvalue weighted by atomic mass is 79.9. The van der Waals surface area contributed by atoms with Crippen molar-refractivity contribution in [3.63, 3.8) is 0 Å². The molecule has 0 radical (unpaired) electrons. The lowest BCUT2D eigenvalue weighted by molar-refractivity contribution is 0.0956. The van der Waals surface area contributed by atoms with E-state index in [1.165, 1.54) is 18.3 Å². The fraction of sp³-hybridized carbons (Fsp3) is 0.250. The smallest absolute Gasteiger partial charge is 0.273 e. The first-order valence-corrected chi connectivity index (χ1v) is 12.8. The second-order valence-electron chi connectivity index (χ2n) is 8.99. The summed E-state index contributed by atoms with van der Waals surface area (Å²) >= 11 is 3.36. The van der Waals surface area contributed by atoms with Crippen LogP contribution in [0.2, 0.25) is 0 Å². The summed E-state index contributed by atoms with van der Waals surface area (Å²) in [6.45, 7) is 2.96. The average Bonchev–Trinajstić information content (AvgIpc) is 2.91. The van der Waals surface area contributed by atoms with Gasteiger partial charge < -0.3 is 10.4 Å². The van der Waals surface area contributed by atoms with Crippen molar-refractivity contribution in [3.05, 3.63) is 99.3 Å². The molecule has 1 saturated heterocycles. The van der Waals surface area contributed by atoms with Gasteiger partial charge in [-0.1, -0.05) is 40.2 Å². The predicted octanol–water partition coefficient (Wildman–Crippen LogP) is 4.81. The van der Waals surface area contributed by atoms with Crippen molar-refractivity contribution in [2.24, 2.45) is 11.0 Å². The van der Waals surface area contributed by atoms with E-state index >= 15 is 0 Å². The first kappa shape index (κ1) is 26.7. The molecule has 0 unspecified atom stereocenters. The maximum Gasteiger partial charge on any atom is 0.273 e. The van der Waals surface area contributed by atoms with Gasteiger partial charge in [0.2, 0.25) is 0 Å². The fourth-order valence-corrected chi connectivity index (χ4v) is 4.49. The van der Waals surface area contributed by atoms with Gasteiger partial charge >= 0.3 is 0 Å². The number of carbonyl (C=O) groups is 2. The van der Waals surface area contributed by atoms with Crippen LogP contribution < -0.4 is 10.7 Å². The summed E-state index contributed by atoms with van der Waals surface area (Å²) in [6.07, 6.45) is 3.40. The van der Waals surface area contributed by atoms with E-state index in [0.717, 1.165) is 38.0 Å². The Kier molecular flexibility index (Phi) is 9.16. The van der Waals surface area contributed by atoms with E-state index in [-0.39, 0.29) is 23.9 Å². The lowest BCUT2D eigenvalue weighted by atomic mass is 9.97. The molecule has 0 aliphatic carbocycles. The Morgan fingerprint density at radius 3 is 2.41 bits per heavy atom. The first-order valence-electron chi connectivity index (χ1n) is 12.0. The molecule has 0 saturated carbocycles. The lowest BCUT2D eigenvalue weighted by Crippen LogP contribution is -2.34. The molecule has 1 aliphatic rings. The predicted molar refractivity (Wildman–Crippen MR) is 145 cm³/mol. The minimum atomic E-state index is -0.504. The van der Waals surface area contributed by atoms with E-state index in [1.54, 1.807) is 42.5 Å². The van der Waals surface area contributed by atoms with Gasteiger partial charge in [0.25, 0.3) is 11.8 Å². The number of carbonyl (C=O) groups excluding carboxylic acids is 2. The number of hydrogen-bond acceptors (Lipinski definition) is 5. The number of benzene rings is 3. The van der Waals surface area contributed by atoms with Crippen molar-refractivity contribution in [3.8, 4) is 0 Å². The molecule has 3 aromatic rings. The highest BCUT2D eigenvalue weighted by Crippen LogP contribution is 2.23. The Balaban J connectivity index is 1.38. The summed E-state index contributed by atoms with van der Waals surface area (Å²) in [5, 5.41) is 16.1. The van der Waals surface area contributed by atoms with Crippen molar-refractivity contribution < 1.29 is 19.1 Å². The summed E-state index contributed by atoms with van der Waals surface area (Å²) < 4.78 is 13.7. The normalized spacial score (nSPS) is 14.6. The zero-order valence-electron chi connectivity index (χ0n) is 20.2. The van der Waals surface area contributed by atoms with Crippen LogP contribution in [0.25, 0.3) is 0 Å². The Hall–Kier alpha value is -3.40. The van der Waals surface area contributed by atoms with Crippen molar-refractivity contribution in [1.82, 2.24) is 10.3 Å². The fourth-order valence-electron chi connectivity index (χ4n) is 4.13. The highest BCUT2D eigenvalue weighted by molar-refractivity contribution is 9.10. The molecule has 7 nitrogen and oxygen atoms in total. The first-order chi connectivity index (χ1) is 17.9. The molecule has 9 heteroatoms. The van der Waals surface area contributed by atoms with E-state index in [0.29, 0.717) is 27.2 Å². The van der Waals surface area contributed by atoms with E-state index in [9.17, 15) is 19.1 Å². The van der Waals surface area contributed by atoms with Crippen LogP contribution in [0.1, 0.15) is 44.7 Å². The summed E-state index contributed by atoms with van der Waals surface area (Å²) in [7, 11) is 0. The number of halogens is 2. The molecule has 2 amide bonds. The summed E-state index contributed by atoms with van der Waals surface area (Å²) in [6, 6.07) is 18.1. The van der Waals surface area contributed by atoms with Gasteiger partial charge in [-0.2, -0.15) is 5.10 Å². The topological polar surface area (TPSA) is 94.0 Å². The maximum absolute atomic E-state index is 13.0. The van der Waals surface area contributed by atoms with Crippen LogP contribution in [0, 0.1) is 11.7 Å². The molecular weight excluding hydrogens is 539 g/mol.